The molecule has 0 bridgehead atoms. The van der Waals surface area contributed by atoms with Crippen LogP contribution in [0.5, 0.6) is 0 Å². The molecule has 0 spiro atoms. The zero-order valence-electron chi connectivity index (χ0n) is 13.5. The Morgan fingerprint density at radius 1 is 1.00 bits per heavy atom. The Morgan fingerprint density at radius 3 is 2.04 bits per heavy atom. The van der Waals surface area contributed by atoms with Crippen molar-refractivity contribution in [3.63, 3.8) is 0 Å². The molecule has 126 valence electrons. The summed E-state index contributed by atoms with van der Waals surface area (Å²) in [6.07, 6.45) is 0.499. The molecule has 23 heavy (non-hydrogen) atoms. The number of nitrogens with zero attached hydrogens (tertiary/aromatic N) is 2. The number of hydrogen-bond donors (Lipinski definition) is 0. The number of carbonyl (C=O) groups is 2. The van der Waals surface area contributed by atoms with Gasteiger partial charge in [-0.05, 0) is 26.0 Å². The number of sulfonamides is 1. The number of piperazine rings is 1. The number of rotatable bonds is 6. The second kappa shape index (κ2) is 7.33. The highest BCUT2D eigenvalue weighted by Gasteiger charge is 2.28. The predicted molar refractivity (Wildman–Crippen MR) is 86.9 cm³/mol. The standard InChI is InChI=1S/C16H22N2O4S/c1-13(19)7-8-17-9-11-18(12-10-17)23(21,22)16-5-3-15(4-6-16)14(2)20/h3-6H,7-12H2,1-2H3. The highest BCUT2D eigenvalue weighted by molar-refractivity contribution is 7.89. The van der Waals surface area contributed by atoms with Gasteiger partial charge in [-0.3, -0.25) is 9.59 Å². The van der Waals surface area contributed by atoms with Crippen LogP contribution in [-0.4, -0.2) is 61.9 Å². The summed E-state index contributed by atoms with van der Waals surface area (Å²) in [5.41, 5.74) is 0.498. The van der Waals surface area contributed by atoms with Crippen LogP contribution in [-0.2, 0) is 14.8 Å². The number of benzene rings is 1. The highest BCUT2D eigenvalue weighted by Crippen LogP contribution is 2.18. The maximum Gasteiger partial charge on any atom is 0.243 e. The smallest absolute Gasteiger partial charge is 0.243 e. The van der Waals surface area contributed by atoms with E-state index in [2.05, 4.69) is 4.90 Å². The number of hydrogen-bond acceptors (Lipinski definition) is 5. The fraction of sp³-hybridized carbons (Fsp3) is 0.500. The first kappa shape index (κ1) is 17.8. The molecule has 1 aliphatic heterocycles. The molecule has 1 aromatic carbocycles. The van der Waals surface area contributed by atoms with Crippen LogP contribution < -0.4 is 0 Å². The van der Waals surface area contributed by atoms with Crippen molar-refractivity contribution < 1.29 is 18.0 Å². The van der Waals surface area contributed by atoms with Crippen LogP contribution in [0.1, 0.15) is 30.6 Å². The Hall–Kier alpha value is -1.57. The van der Waals surface area contributed by atoms with Gasteiger partial charge >= 0.3 is 0 Å². The molecule has 0 amide bonds. The SMILES string of the molecule is CC(=O)CCN1CCN(S(=O)(=O)c2ccc(C(C)=O)cc2)CC1. The van der Waals surface area contributed by atoms with Crippen molar-refractivity contribution in [1.82, 2.24) is 9.21 Å². The lowest BCUT2D eigenvalue weighted by atomic mass is 10.2. The summed E-state index contributed by atoms with van der Waals surface area (Å²) in [4.78, 5) is 24.6. The van der Waals surface area contributed by atoms with Gasteiger partial charge in [-0.2, -0.15) is 4.31 Å². The zero-order valence-corrected chi connectivity index (χ0v) is 14.3. The predicted octanol–water partition coefficient (Wildman–Crippen LogP) is 1.17. The molecule has 0 unspecified atom stereocenters. The largest absolute Gasteiger partial charge is 0.300 e. The Kier molecular flexibility index (Phi) is 5.67. The van der Waals surface area contributed by atoms with Crippen LogP contribution >= 0.6 is 0 Å². The summed E-state index contributed by atoms with van der Waals surface area (Å²) in [5.74, 6) is 0.0543. The normalized spacial score (nSPS) is 17.1. The maximum absolute atomic E-state index is 12.6. The van der Waals surface area contributed by atoms with Crippen LogP contribution in [0.4, 0.5) is 0 Å². The first-order chi connectivity index (χ1) is 10.8. The minimum Gasteiger partial charge on any atom is -0.300 e. The van der Waals surface area contributed by atoms with Crippen LogP contribution in [0.25, 0.3) is 0 Å². The van der Waals surface area contributed by atoms with Gasteiger partial charge in [-0.25, -0.2) is 8.42 Å². The molecule has 1 fully saturated rings. The summed E-state index contributed by atoms with van der Waals surface area (Å²) in [5, 5.41) is 0. The van der Waals surface area contributed by atoms with E-state index in [9.17, 15) is 18.0 Å². The van der Waals surface area contributed by atoms with Gasteiger partial charge in [0.25, 0.3) is 0 Å². The van der Waals surface area contributed by atoms with Crippen molar-refractivity contribution >= 4 is 21.6 Å². The van der Waals surface area contributed by atoms with E-state index in [1.165, 1.54) is 23.4 Å². The van der Waals surface area contributed by atoms with Gasteiger partial charge in [-0.15, -0.1) is 0 Å². The molecule has 0 radical (unpaired) electrons. The minimum atomic E-state index is -3.53. The van der Waals surface area contributed by atoms with Crippen LogP contribution in [0.2, 0.25) is 0 Å². The molecule has 1 saturated heterocycles. The van der Waals surface area contributed by atoms with E-state index >= 15 is 0 Å². The molecule has 0 atom stereocenters. The molecular formula is C16H22N2O4S. The van der Waals surface area contributed by atoms with Gasteiger partial charge in [-0.1, -0.05) is 12.1 Å². The summed E-state index contributed by atoms with van der Waals surface area (Å²) < 4.78 is 26.7. The Balaban J connectivity index is 2.01. The van der Waals surface area contributed by atoms with Gasteiger partial charge in [0.05, 0.1) is 4.90 Å². The van der Waals surface area contributed by atoms with Crippen molar-refractivity contribution in [2.24, 2.45) is 0 Å². The summed E-state index contributed by atoms with van der Waals surface area (Å²) >= 11 is 0. The Bertz CT molecular complexity index is 675. The van der Waals surface area contributed by atoms with Crippen molar-refractivity contribution in [3.05, 3.63) is 29.8 Å². The van der Waals surface area contributed by atoms with E-state index in [1.807, 2.05) is 0 Å². The minimum absolute atomic E-state index is 0.0898. The lowest BCUT2D eigenvalue weighted by Gasteiger charge is -2.33. The van der Waals surface area contributed by atoms with E-state index in [4.69, 9.17) is 0 Å². The average molecular weight is 338 g/mol. The molecule has 0 N–H and O–H groups in total. The van der Waals surface area contributed by atoms with E-state index in [0.29, 0.717) is 44.7 Å². The summed E-state index contributed by atoms with van der Waals surface area (Å²) in [6, 6.07) is 6.04. The first-order valence-corrected chi connectivity index (χ1v) is 9.07. The maximum atomic E-state index is 12.6. The number of carbonyl (C=O) groups excluding carboxylic acids is 2. The van der Waals surface area contributed by atoms with Crippen molar-refractivity contribution in [2.45, 2.75) is 25.2 Å². The Labute approximate surface area is 137 Å². The van der Waals surface area contributed by atoms with E-state index in [-0.39, 0.29) is 16.5 Å². The molecular weight excluding hydrogens is 316 g/mol. The number of ketones is 2. The quantitative estimate of drug-likeness (QED) is 0.728. The highest BCUT2D eigenvalue weighted by atomic mass is 32.2. The third kappa shape index (κ3) is 4.46. The van der Waals surface area contributed by atoms with E-state index in [1.54, 1.807) is 19.1 Å². The number of Topliss-reactive ketones (excluding diaryl/α,β-unsaturated/α-hetero) is 2. The van der Waals surface area contributed by atoms with Crippen LogP contribution in [0.15, 0.2) is 29.2 Å². The molecule has 0 saturated carbocycles. The van der Waals surface area contributed by atoms with Crippen molar-refractivity contribution in [3.8, 4) is 0 Å². The first-order valence-electron chi connectivity index (χ1n) is 7.63. The summed E-state index contributed by atoms with van der Waals surface area (Å²) in [7, 11) is -3.53. The average Bonchev–Trinajstić information content (AvgIpc) is 2.53. The zero-order chi connectivity index (χ0) is 17.0. The van der Waals surface area contributed by atoms with Gasteiger partial charge in [0.2, 0.25) is 10.0 Å². The van der Waals surface area contributed by atoms with Crippen LogP contribution in [0.3, 0.4) is 0 Å². The molecule has 0 aliphatic carbocycles. The Morgan fingerprint density at radius 2 is 1.57 bits per heavy atom. The molecule has 1 aliphatic rings. The third-order valence-corrected chi connectivity index (χ3v) is 5.92. The lowest BCUT2D eigenvalue weighted by Crippen LogP contribution is -2.48. The second-order valence-corrected chi connectivity index (χ2v) is 7.72. The molecule has 1 aromatic rings. The third-order valence-electron chi connectivity index (χ3n) is 4.01. The topological polar surface area (TPSA) is 74.8 Å². The van der Waals surface area contributed by atoms with Gasteiger partial charge in [0.15, 0.2) is 5.78 Å². The van der Waals surface area contributed by atoms with Gasteiger partial charge in [0, 0.05) is 44.7 Å². The van der Waals surface area contributed by atoms with Crippen LogP contribution in [0, 0.1) is 0 Å². The second-order valence-electron chi connectivity index (χ2n) is 5.78. The summed E-state index contributed by atoms with van der Waals surface area (Å²) in [6.45, 7) is 5.76. The van der Waals surface area contributed by atoms with Gasteiger partial charge in [0.1, 0.15) is 5.78 Å². The fourth-order valence-electron chi connectivity index (χ4n) is 2.52. The van der Waals surface area contributed by atoms with Crippen molar-refractivity contribution in [1.29, 1.82) is 0 Å². The van der Waals surface area contributed by atoms with Crippen molar-refractivity contribution in [2.75, 3.05) is 32.7 Å². The lowest BCUT2D eigenvalue weighted by molar-refractivity contribution is -0.117. The fourth-order valence-corrected chi connectivity index (χ4v) is 3.94. The monoisotopic (exact) mass is 338 g/mol. The molecule has 6 nitrogen and oxygen atoms in total. The van der Waals surface area contributed by atoms with E-state index in [0.717, 1.165) is 0 Å². The molecule has 2 rings (SSSR count). The molecule has 7 heteroatoms. The molecule has 1 heterocycles. The van der Waals surface area contributed by atoms with E-state index < -0.39 is 10.0 Å². The van der Waals surface area contributed by atoms with Gasteiger partial charge < -0.3 is 4.90 Å². The molecule has 0 aromatic heterocycles.